The second-order valence-corrected chi connectivity index (χ2v) is 2.78. The van der Waals surface area contributed by atoms with Crippen molar-refractivity contribution in [2.45, 2.75) is 40.0 Å². The van der Waals surface area contributed by atoms with E-state index in [0.717, 1.165) is 6.42 Å². The van der Waals surface area contributed by atoms with Crippen molar-refractivity contribution in [2.24, 2.45) is 0 Å². The third-order valence-electron chi connectivity index (χ3n) is 2.12. The summed E-state index contributed by atoms with van der Waals surface area (Å²) in [5, 5.41) is 0. The van der Waals surface area contributed by atoms with Crippen LogP contribution in [0.2, 0.25) is 0 Å². The van der Waals surface area contributed by atoms with Gasteiger partial charge in [-0.3, -0.25) is 0 Å². The molecule has 0 amide bonds. The van der Waals surface area contributed by atoms with Gasteiger partial charge in [0.2, 0.25) is 0 Å². The summed E-state index contributed by atoms with van der Waals surface area (Å²) in [7, 11) is 0. The monoisotopic (exact) mass is 164 g/mol. The van der Waals surface area contributed by atoms with E-state index in [-0.39, 0.29) is 0 Å². The van der Waals surface area contributed by atoms with Gasteiger partial charge in [0.25, 0.3) is 0 Å². The highest BCUT2D eigenvalue weighted by molar-refractivity contribution is 5.27. The Morgan fingerprint density at radius 1 is 1.08 bits per heavy atom. The average molecular weight is 164 g/mol. The molecular weight excluding hydrogens is 144 g/mol. The molecule has 0 rings (SSSR count). The fraction of sp³-hybridized carbons (Fsp3) is 0.500. The molecule has 0 heteroatoms. The summed E-state index contributed by atoms with van der Waals surface area (Å²) in [6.45, 7) is 10.3. The molecule has 0 saturated carbocycles. The molecule has 0 aromatic heterocycles. The summed E-state index contributed by atoms with van der Waals surface area (Å²) in [6.07, 6.45) is 9.49. The van der Waals surface area contributed by atoms with Gasteiger partial charge in [-0.1, -0.05) is 51.2 Å². The van der Waals surface area contributed by atoms with Crippen LogP contribution in [0.15, 0.2) is 36.0 Å². The summed E-state index contributed by atoms with van der Waals surface area (Å²) in [5.74, 6) is 0. The lowest BCUT2D eigenvalue weighted by Crippen LogP contribution is -1.85. The van der Waals surface area contributed by atoms with Crippen molar-refractivity contribution < 1.29 is 0 Å². The third-order valence-corrected chi connectivity index (χ3v) is 2.12. The minimum atomic E-state index is 1.13. The lowest BCUT2D eigenvalue weighted by atomic mass is 10.0. The second kappa shape index (κ2) is 6.90. The van der Waals surface area contributed by atoms with Crippen molar-refractivity contribution in [3.63, 3.8) is 0 Å². The van der Waals surface area contributed by atoms with Crippen LogP contribution in [-0.4, -0.2) is 0 Å². The summed E-state index contributed by atoms with van der Waals surface area (Å²) < 4.78 is 0. The predicted octanol–water partition coefficient (Wildman–Crippen LogP) is 4.26. The molecule has 0 aliphatic heterocycles. The Kier molecular flexibility index (Phi) is 6.45. The largest absolute Gasteiger partial charge is 0.0991 e. The Morgan fingerprint density at radius 2 is 1.67 bits per heavy atom. The van der Waals surface area contributed by atoms with Gasteiger partial charge in [-0.15, -0.1) is 0 Å². The molecule has 0 radical (unpaired) electrons. The van der Waals surface area contributed by atoms with Gasteiger partial charge in [-0.25, -0.2) is 0 Å². The van der Waals surface area contributed by atoms with Crippen LogP contribution in [0.5, 0.6) is 0 Å². The molecule has 0 atom stereocenters. The molecule has 0 aromatic rings. The van der Waals surface area contributed by atoms with Crippen LogP contribution in [0.3, 0.4) is 0 Å². The molecule has 0 aliphatic rings. The van der Waals surface area contributed by atoms with Crippen molar-refractivity contribution in [1.29, 1.82) is 0 Å². The average Bonchev–Trinajstić information content (AvgIpc) is 2.12. The van der Waals surface area contributed by atoms with E-state index in [1.54, 1.807) is 5.57 Å². The van der Waals surface area contributed by atoms with Gasteiger partial charge in [0, 0.05) is 0 Å². The Labute approximate surface area is 76.7 Å². The maximum absolute atomic E-state index is 3.67. The molecule has 0 unspecified atom stereocenters. The summed E-state index contributed by atoms with van der Waals surface area (Å²) in [6, 6.07) is 0. The first-order valence-corrected chi connectivity index (χ1v) is 4.80. The highest BCUT2D eigenvalue weighted by Gasteiger charge is 1.96. The minimum absolute atomic E-state index is 1.13. The quantitative estimate of drug-likeness (QED) is 0.533. The summed E-state index contributed by atoms with van der Waals surface area (Å²) in [5.41, 5.74) is 3.04. The molecule has 0 N–H and O–H groups in total. The lowest BCUT2D eigenvalue weighted by molar-refractivity contribution is 0.929. The van der Waals surface area contributed by atoms with Gasteiger partial charge in [0.15, 0.2) is 0 Å². The maximum atomic E-state index is 3.67. The molecule has 0 nitrogen and oxygen atoms in total. The van der Waals surface area contributed by atoms with E-state index in [9.17, 15) is 0 Å². The van der Waals surface area contributed by atoms with Gasteiger partial charge >= 0.3 is 0 Å². The van der Waals surface area contributed by atoms with Crippen molar-refractivity contribution in [3.8, 4) is 0 Å². The number of rotatable bonds is 5. The molecule has 0 bridgehead atoms. The molecular formula is C12H20. The van der Waals surface area contributed by atoms with E-state index in [1.165, 1.54) is 18.4 Å². The molecule has 0 aliphatic carbocycles. The van der Waals surface area contributed by atoms with E-state index in [1.807, 2.05) is 12.2 Å². The summed E-state index contributed by atoms with van der Waals surface area (Å²) in [4.78, 5) is 0. The number of hydrogen-bond acceptors (Lipinski definition) is 0. The second-order valence-electron chi connectivity index (χ2n) is 2.78. The van der Waals surface area contributed by atoms with E-state index in [0.29, 0.717) is 0 Å². The molecule has 0 saturated heterocycles. The predicted molar refractivity (Wildman–Crippen MR) is 57.2 cm³/mol. The number of hydrogen-bond donors (Lipinski definition) is 0. The number of allylic oxidation sites excluding steroid dienone is 5. The van der Waals surface area contributed by atoms with Gasteiger partial charge in [0.1, 0.15) is 0 Å². The Morgan fingerprint density at radius 3 is 2.00 bits per heavy atom. The van der Waals surface area contributed by atoms with Gasteiger partial charge in [0.05, 0.1) is 0 Å². The zero-order valence-electron chi connectivity index (χ0n) is 8.56. The van der Waals surface area contributed by atoms with Crippen molar-refractivity contribution in [1.82, 2.24) is 0 Å². The molecule has 0 spiro atoms. The van der Waals surface area contributed by atoms with Gasteiger partial charge in [-0.2, -0.15) is 0 Å². The molecule has 0 aromatic carbocycles. The maximum Gasteiger partial charge on any atom is -0.0308 e. The molecule has 0 fully saturated rings. The topological polar surface area (TPSA) is 0 Å². The highest BCUT2D eigenvalue weighted by Crippen LogP contribution is 2.16. The Bertz CT molecular complexity index is 176. The zero-order valence-corrected chi connectivity index (χ0v) is 8.56. The minimum Gasteiger partial charge on any atom is -0.0991 e. The van der Waals surface area contributed by atoms with Crippen molar-refractivity contribution in [2.75, 3.05) is 0 Å². The lowest BCUT2D eigenvalue weighted by Gasteiger charge is -2.06. The Balaban J connectivity index is 4.56. The van der Waals surface area contributed by atoms with E-state index in [4.69, 9.17) is 0 Å². The zero-order chi connectivity index (χ0) is 9.40. The van der Waals surface area contributed by atoms with E-state index < -0.39 is 0 Å². The van der Waals surface area contributed by atoms with Crippen LogP contribution in [0.4, 0.5) is 0 Å². The first kappa shape index (κ1) is 11.2. The molecule has 68 valence electrons. The summed E-state index contributed by atoms with van der Waals surface area (Å²) >= 11 is 0. The fourth-order valence-corrected chi connectivity index (χ4v) is 1.37. The van der Waals surface area contributed by atoms with Gasteiger partial charge in [-0.05, 0) is 24.8 Å². The standard InChI is InChI=1S/C12H20/c1-5-9-10-12(8-4)11(6-2)7-3/h5,9-10H,1,6-8H2,2-4H3/b10-9-. The van der Waals surface area contributed by atoms with Gasteiger partial charge < -0.3 is 0 Å². The third kappa shape index (κ3) is 3.56. The van der Waals surface area contributed by atoms with Crippen molar-refractivity contribution in [3.05, 3.63) is 36.0 Å². The van der Waals surface area contributed by atoms with Crippen LogP contribution in [0.1, 0.15) is 40.0 Å². The first-order chi connectivity index (χ1) is 5.79. The van der Waals surface area contributed by atoms with Crippen molar-refractivity contribution >= 4 is 0 Å². The van der Waals surface area contributed by atoms with Crippen LogP contribution >= 0.6 is 0 Å². The highest BCUT2D eigenvalue weighted by atomic mass is 14.0. The van der Waals surface area contributed by atoms with Crippen LogP contribution in [0, 0.1) is 0 Å². The molecule has 12 heavy (non-hydrogen) atoms. The smallest absolute Gasteiger partial charge is 0.0308 e. The first-order valence-electron chi connectivity index (χ1n) is 4.80. The van der Waals surface area contributed by atoms with Crippen LogP contribution in [-0.2, 0) is 0 Å². The molecule has 0 heterocycles. The Hall–Kier alpha value is -0.780. The normalized spacial score (nSPS) is 10.2. The van der Waals surface area contributed by atoms with E-state index >= 15 is 0 Å². The van der Waals surface area contributed by atoms with E-state index in [2.05, 4.69) is 33.4 Å². The van der Waals surface area contributed by atoms with Crippen LogP contribution in [0.25, 0.3) is 0 Å². The van der Waals surface area contributed by atoms with Crippen LogP contribution < -0.4 is 0 Å². The fourth-order valence-electron chi connectivity index (χ4n) is 1.37. The SMILES string of the molecule is C=C/C=C\C(CC)=C(CC)CC.